The summed E-state index contributed by atoms with van der Waals surface area (Å²) in [5.41, 5.74) is 3.36. The van der Waals surface area contributed by atoms with Crippen LogP contribution in [-0.4, -0.2) is 25.3 Å². The Morgan fingerprint density at radius 3 is 2.57 bits per heavy atom. The number of benzene rings is 1. The number of nitrogens with zero attached hydrogens (tertiary/aromatic N) is 1. The summed E-state index contributed by atoms with van der Waals surface area (Å²) < 4.78 is 15.8. The lowest BCUT2D eigenvalue weighted by Crippen LogP contribution is -2.28. The second-order valence-electron chi connectivity index (χ2n) is 5.67. The number of carbonyl (C=O) groups is 1. The minimum atomic E-state index is -0.158. The number of methoxy groups -OCH3 is 2. The molecule has 6 nitrogen and oxygen atoms in total. The van der Waals surface area contributed by atoms with Gasteiger partial charge in [-0.3, -0.25) is 4.79 Å². The molecule has 6 heteroatoms. The zero-order valence-corrected chi connectivity index (χ0v) is 13.7. The van der Waals surface area contributed by atoms with Gasteiger partial charge in [-0.25, -0.2) is 0 Å². The fourth-order valence-corrected chi connectivity index (χ4v) is 3.12. The first-order valence-corrected chi connectivity index (χ1v) is 7.53. The summed E-state index contributed by atoms with van der Waals surface area (Å²) in [5.74, 6) is 1.76. The number of hydrogen-bond donors (Lipinski definition) is 1. The van der Waals surface area contributed by atoms with E-state index < -0.39 is 0 Å². The molecule has 0 aliphatic heterocycles. The molecule has 1 aromatic carbocycles. The van der Waals surface area contributed by atoms with Crippen LogP contribution >= 0.6 is 0 Å². The standard InChI is InChI=1S/C17H20N2O4/c1-9-16(10(2)23-19-9)17(20)18-13-6-5-11-7-14(21-3)15(22-4)8-12(11)13/h7-8,13H,5-6H2,1-4H3,(H,18,20)/t13-/m0/s1. The number of amides is 1. The number of ether oxygens (including phenoxy) is 2. The molecule has 1 amide bonds. The molecule has 0 unspecified atom stereocenters. The van der Waals surface area contributed by atoms with Gasteiger partial charge in [0.2, 0.25) is 0 Å². The summed E-state index contributed by atoms with van der Waals surface area (Å²) in [5, 5.41) is 6.91. The van der Waals surface area contributed by atoms with E-state index in [0.29, 0.717) is 28.5 Å². The van der Waals surface area contributed by atoms with Crippen molar-refractivity contribution in [1.29, 1.82) is 0 Å². The third-order valence-electron chi connectivity index (χ3n) is 4.29. The molecule has 23 heavy (non-hydrogen) atoms. The highest BCUT2D eigenvalue weighted by molar-refractivity contribution is 5.96. The molecule has 1 aromatic heterocycles. The molecule has 1 aliphatic carbocycles. The minimum Gasteiger partial charge on any atom is -0.493 e. The molecule has 0 bridgehead atoms. The Morgan fingerprint density at radius 2 is 1.96 bits per heavy atom. The Balaban J connectivity index is 1.87. The fourth-order valence-electron chi connectivity index (χ4n) is 3.12. The van der Waals surface area contributed by atoms with Gasteiger partial charge in [0.1, 0.15) is 11.3 Å². The molecular formula is C17H20N2O4. The van der Waals surface area contributed by atoms with Crippen LogP contribution in [0.5, 0.6) is 11.5 Å². The summed E-state index contributed by atoms with van der Waals surface area (Å²) in [6, 6.07) is 3.88. The van der Waals surface area contributed by atoms with Crippen molar-refractivity contribution in [2.45, 2.75) is 32.7 Å². The van der Waals surface area contributed by atoms with E-state index in [4.69, 9.17) is 14.0 Å². The van der Waals surface area contributed by atoms with E-state index in [2.05, 4.69) is 10.5 Å². The van der Waals surface area contributed by atoms with Gasteiger partial charge in [0, 0.05) is 0 Å². The smallest absolute Gasteiger partial charge is 0.257 e. The maximum absolute atomic E-state index is 12.5. The van der Waals surface area contributed by atoms with Crippen molar-refractivity contribution >= 4 is 5.91 Å². The predicted octanol–water partition coefficient (Wildman–Crippen LogP) is 2.73. The molecule has 2 aromatic rings. The summed E-state index contributed by atoms with van der Waals surface area (Å²) in [6.45, 7) is 3.51. The molecule has 0 saturated carbocycles. The summed E-state index contributed by atoms with van der Waals surface area (Å²) in [7, 11) is 3.23. The topological polar surface area (TPSA) is 73.6 Å². The summed E-state index contributed by atoms with van der Waals surface area (Å²) in [6.07, 6.45) is 1.74. The van der Waals surface area contributed by atoms with E-state index >= 15 is 0 Å². The fraction of sp³-hybridized carbons (Fsp3) is 0.412. The minimum absolute atomic E-state index is 0.0500. The Bertz CT molecular complexity index is 732. The number of aryl methyl sites for hydroxylation is 3. The number of rotatable bonds is 4. The molecule has 0 spiro atoms. The molecule has 1 heterocycles. The van der Waals surface area contributed by atoms with Gasteiger partial charge in [-0.15, -0.1) is 0 Å². The zero-order valence-electron chi connectivity index (χ0n) is 13.7. The van der Waals surface area contributed by atoms with Crippen LogP contribution < -0.4 is 14.8 Å². The lowest BCUT2D eigenvalue weighted by atomic mass is 10.1. The average Bonchev–Trinajstić information content (AvgIpc) is 3.09. The monoisotopic (exact) mass is 316 g/mol. The maximum Gasteiger partial charge on any atom is 0.257 e. The highest BCUT2D eigenvalue weighted by Gasteiger charge is 2.28. The van der Waals surface area contributed by atoms with Crippen molar-refractivity contribution in [3.8, 4) is 11.5 Å². The van der Waals surface area contributed by atoms with Crippen LogP contribution in [-0.2, 0) is 6.42 Å². The van der Waals surface area contributed by atoms with E-state index in [1.807, 2.05) is 12.1 Å². The highest BCUT2D eigenvalue weighted by atomic mass is 16.5. The summed E-state index contributed by atoms with van der Waals surface area (Å²) >= 11 is 0. The Morgan fingerprint density at radius 1 is 1.26 bits per heavy atom. The van der Waals surface area contributed by atoms with Crippen molar-refractivity contribution in [2.75, 3.05) is 14.2 Å². The summed E-state index contributed by atoms with van der Waals surface area (Å²) in [4.78, 5) is 12.5. The van der Waals surface area contributed by atoms with E-state index in [9.17, 15) is 4.79 Å². The lowest BCUT2D eigenvalue weighted by molar-refractivity contribution is 0.0934. The normalized spacial score (nSPS) is 16.1. The Kier molecular flexibility index (Phi) is 3.98. The van der Waals surface area contributed by atoms with E-state index in [0.717, 1.165) is 18.4 Å². The van der Waals surface area contributed by atoms with E-state index in [-0.39, 0.29) is 11.9 Å². The van der Waals surface area contributed by atoms with Gasteiger partial charge >= 0.3 is 0 Å². The van der Waals surface area contributed by atoms with Gasteiger partial charge in [0.15, 0.2) is 11.5 Å². The van der Waals surface area contributed by atoms with E-state index in [1.54, 1.807) is 28.1 Å². The van der Waals surface area contributed by atoms with Gasteiger partial charge in [0.05, 0.1) is 26.0 Å². The van der Waals surface area contributed by atoms with E-state index in [1.165, 1.54) is 5.56 Å². The van der Waals surface area contributed by atoms with Crippen LogP contribution in [0.1, 0.15) is 45.4 Å². The van der Waals surface area contributed by atoms with Crippen LogP contribution in [0.4, 0.5) is 0 Å². The largest absolute Gasteiger partial charge is 0.493 e. The average molecular weight is 316 g/mol. The second kappa shape index (κ2) is 5.95. The second-order valence-corrected chi connectivity index (χ2v) is 5.67. The Hall–Kier alpha value is -2.50. The van der Waals surface area contributed by atoms with Crippen LogP contribution in [0.15, 0.2) is 16.7 Å². The third-order valence-corrected chi connectivity index (χ3v) is 4.29. The van der Waals surface area contributed by atoms with Gasteiger partial charge in [-0.1, -0.05) is 5.16 Å². The molecule has 122 valence electrons. The van der Waals surface area contributed by atoms with Gasteiger partial charge < -0.3 is 19.3 Å². The van der Waals surface area contributed by atoms with Gasteiger partial charge in [0.25, 0.3) is 5.91 Å². The number of fused-ring (bicyclic) bond motifs is 1. The first kappa shape index (κ1) is 15.4. The molecule has 1 aliphatic rings. The van der Waals surface area contributed by atoms with Gasteiger partial charge in [-0.05, 0) is 49.9 Å². The van der Waals surface area contributed by atoms with Crippen molar-refractivity contribution in [1.82, 2.24) is 10.5 Å². The first-order chi connectivity index (χ1) is 11.0. The molecule has 0 radical (unpaired) electrons. The van der Waals surface area contributed by atoms with Crippen molar-refractivity contribution in [2.24, 2.45) is 0 Å². The molecule has 0 saturated heterocycles. The number of hydrogen-bond acceptors (Lipinski definition) is 5. The molecule has 0 fully saturated rings. The van der Waals surface area contributed by atoms with Crippen LogP contribution in [0, 0.1) is 13.8 Å². The van der Waals surface area contributed by atoms with Crippen molar-refractivity contribution in [3.05, 3.63) is 40.3 Å². The Labute approximate surface area is 134 Å². The quantitative estimate of drug-likeness (QED) is 0.939. The maximum atomic E-state index is 12.5. The predicted molar refractivity (Wildman–Crippen MR) is 84.1 cm³/mol. The SMILES string of the molecule is COc1cc2c(cc1OC)[C@@H](NC(=O)c1c(C)noc1C)CC2. The number of carbonyl (C=O) groups excluding carboxylic acids is 1. The molecule has 3 rings (SSSR count). The van der Waals surface area contributed by atoms with Crippen molar-refractivity contribution < 1.29 is 18.8 Å². The van der Waals surface area contributed by atoms with Crippen LogP contribution in [0.3, 0.4) is 0 Å². The zero-order chi connectivity index (χ0) is 16.6. The van der Waals surface area contributed by atoms with Crippen LogP contribution in [0.2, 0.25) is 0 Å². The molecular weight excluding hydrogens is 296 g/mol. The van der Waals surface area contributed by atoms with Gasteiger partial charge in [-0.2, -0.15) is 0 Å². The molecule has 1 atom stereocenters. The first-order valence-electron chi connectivity index (χ1n) is 7.53. The van der Waals surface area contributed by atoms with Crippen LogP contribution in [0.25, 0.3) is 0 Å². The lowest BCUT2D eigenvalue weighted by Gasteiger charge is -2.16. The highest BCUT2D eigenvalue weighted by Crippen LogP contribution is 2.39. The molecule has 1 N–H and O–H groups in total. The third kappa shape index (κ3) is 2.65. The van der Waals surface area contributed by atoms with Crippen molar-refractivity contribution in [3.63, 3.8) is 0 Å². The number of nitrogens with one attached hydrogen (secondary N) is 1. The number of aromatic nitrogens is 1.